The molecule has 3 nitrogen and oxygen atoms in total. The van der Waals surface area contributed by atoms with Gasteiger partial charge in [-0.2, -0.15) is 13.2 Å². The molecule has 0 amide bonds. The van der Waals surface area contributed by atoms with E-state index in [0.717, 1.165) is 12.1 Å². The molecule has 0 saturated carbocycles. The van der Waals surface area contributed by atoms with Crippen LogP contribution >= 0.6 is 0 Å². The Morgan fingerprint density at radius 3 is 2.42 bits per heavy atom. The molecule has 0 radical (unpaired) electrons. The van der Waals surface area contributed by atoms with E-state index >= 15 is 0 Å². The second-order valence-corrected chi connectivity index (χ2v) is 4.33. The molecule has 0 bridgehead atoms. The summed E-state index contributed by atoms with van der Waals surface area (Å²) in [4.78, 5) is 11.3. The lowest BCUT2D eigenvalue weighted by molar-refractivity contribution is -0.153. The van der Waals surface area contributed by atoms with Gasteiger partial charge in [-0.1, -0.05) is 12.1 Å². The van der Waals surface area contributed by atoms with Crippen LogP contribution in [0.4, 0.5) is 13.2 Å². The minimum Gasteiger partial charge on any atom is -0.467 e. The number of esters is 1. The number of halogens is 3. The molecule has 2 rings (SSSR count). The number of benzene rings is 1. The van der Waals surface area contributed by atoms with Gasteiger partial charge in [0.25, 0.3) is 0 Å². The zero-order chi connectivity index (χ0) is 14.0. The number of hydrogen-bond donors (Lipinski definition) is 0. The lowest BCUT2D eigenvalue weighted by Crippen LogP contribution is -2.21. The van der Waals surface area contributed by atoms with Crippen molar-refractivity contribution < 1.29 is 27.4 Å². The molecule has 0 spiro atoms. The van der Waals surface area contributed by atoms with E-state index in [9.17, 15) is 18.0 Å². The maximum absolute atomic E-state index is 12.4. The van der Waals surface area contributed by atoms with Crippen LogP contribution in [0.5, 0.6) is 0 Å². The van der Waals surface area contributed by atoms with Crippen LogP contribution in [-0.2, 0) is 20.4 Å². The van der Waals surface area contributed by atoms with Crippen LogP contribution in [0.15, 0.2) is 24.3 Å². The summed E-state index contributed by atoms with van der Waals surface area (Å²) >= 11 is 0. The summed E-state index contributed by atoms with van der Waals surface area (Å²) in [7, 11) is 1.27. The molecular formula is C13H13F3O3. The monoisotopic (exact) mass is 274 g/mol. The molecule has 1 aromatic rings. The van der Waals surface area contributed by atoms with Crippen LogP contribution in [0, 0.1) is 0 Å². The predicted octanol–water partition coefficient (Wildman–Crippen LogP) is 3.10. The molecule has 0 unspecified atom stereocenters. The molecule has 1 fully saturated rings. The molecule has 19 heavy (non-hydrogen) atoms. The third-order valence-corrected chi connectivity index (χ3v) is 3.09. The zero-order valence-electron chi connectivity index (χ0n) is 10.2. The molecule has 1 saturated heterocycles. The highest BCUT2D eigenvalue weighted by atomic mass is 19.4. The number of hydrogen-bond acceptors (Lipinski definition) is 3. The van der Waals surface area contributed by atoms with Gasteiger partial charge in [0, 0.05) is 0 Å². The van der Waals surface area contributed by atoms with Gasteiger partial charge in [-0.3, -0.25) is 0 Å². The largest absolute Gasteiger partial charge is 0.467 e. The van der Waals surface area contributed by atoms with Gasteiger partial charge >= 0.3 is 12.1 Å². The summed E-state index contributed by atoms with van der Waals surface area (Å²) < 4.78 is 47.3. The molecule has 104 valence electrons. The average Bonchev–Trinajstić information content (AvgIpc) is 2.86. The Bertz CT molecular complexity index is 453. The summed E-state index contributed by atoms with van der Waals surface area (Å²) in [5.74, 6) is -0.450. The van der Waals surface area contributed by atoms with E-state index in [4.69, 9.17) is 4.74 Å². The Morgan fingerprint density at radius 2 is 1.89 bits per heavy atom. The van der Waals surface area contributed by atoms with E-state index in [1.807, 2.05) is 0 Å². The van der Waals surface area contributed by atoms with Crippen molar-refractivity contribution in [2.24, 2.45) is 0 Å². The number of methoxy groups -OCH3 is 1. The first kappa shape index (κ1) is 13.9. The second kappa shape index (κ2) is 5.21. The first-order chi connectivity index (χ1) is 8.91. The third kappa shape index (κ3) is 3.07. The Kier molecular flexibility index (Phi) is 3.80. The van der Waals surface area contributed by atoms with Gasteiger partial charge in [-0.15, -0.1) is 0 Å². The highest BCUT2D eigenvalue weighted by Gasteiger charge is 2.33. The van der Waals surface area contributed by atoms with E-state index in [1.165, 1.54) is 19.2 Å². The van der Waals surface area contributed by atoms with Gasteiger partial charge in [-0.05, 0) is 30.5 Å². The van der Waals surface area contributed by atoms with Crippen LogP contribution in [0.25, 0.3) is 0 Å². The maximum Gasteiger partial charge on any atom is 0.416 e. The van der Waals surface area contributed by atoms with Crippen molar-refractivity contribution in [3.8, 4) is 0 Å². The summed E-state index contributed by atoms with van der Waals surface area (Å²) in [5.41, 5.74) is -0.0573. The predicted molar refractivity (Wildman–Crippen MR) is 60.3 cm³/mol. The van der Waals surface area contributed by atoms with Gasteiger partial charge in [0.15, 0.2) is 6.10 Å². The smallest absolute Gasteiger partial charge is 0.416 e. The van der Waals surface area contributed by atoms with Gasteiger partial charge in [0.2, 0.25) is 0 Å². The minimum atomic E-state index is -4.34. The fraction of sp³-hybridized carbons (Fsp3) is 0.462. The summed E-state index contributed by atoms with van der Waals surface area (Å²) in [6.07, 6.45) is -4.23. The third-order valence-electron chi connectivity index (χ3n) is 3.09. The number of ether oxygens (including phenoxy) is 2. The lowest BCUT2D eigenvalue weighted by Gasteiger charge is -2.13. The molecule has 0 aliphatic carbocycles. The Labute approximate surface area is 108 Å². The molecular weight excluding hydrogens is 261 g/mol. The molecule has 0 N–H and O–H groups in total. The van der Waals surface area contributed by atoms with E-state index in [1.54, 1.807) is 0 Å². The van der Waals surface area contributed by atoms with Crippen LogP contribution in [0.1, 0.15) is 30.1 Å². The highest BCUT2D eigenvalue weighted by molar-refractivity contribution is 5.74. The maximum atomic E-state index is 12.4. The first-order valence-electron chi connectivity index (χ1n) is 5.82. The van der Waals surface area contributed by atoms with Gasteiger partial charge in [0.1, 0.15) is 0 Å². The van der Waals surface area contributed by atoms with Gasteiger partial charge in [-0.25, -0.2) is 4.79 Å². The Hall–Kier alpha value is -1.56. The van der Waals surface area contributed by atoms with E-state index in [0.29, 0.717) is 18.4 Å². The SMILES string of the molecule is COC(=O)[C@@H]1CC[C@@H](c2ccc(C(F)(F)F)cc2)O1. The molecule has 0 aromatic heterocycles. The van der Waals surface area contributed by atoms with E-state index in [-0.39, 0.29) is 6.10 Å². The van der Waals surface area contributed by atoms with Crippen molar-refractivity contribution in [2.45, 2.75) is 31.2 Å². The van der Waals surface area contributed by atoms with Crippen molar-refractivity contribution in [2.75, 3.05) is 7.11 Å². The van der Waals surface area contributed by atoms with Crippen molar-refractivity contribution in [3.05, 3.63) is 35.4 Å². The summed E-state index contributed by atoms with van der Waals surface area (Å²) in [6, 6.07) is 4.80. The first-order valence-corrected chi connectivity index (χ1v) is 5.82. The van der Waals surface area contributed by atoms with Crippen molar-refractivity contribution in [3.63, 3.8) is 0 Å². The van der Waals surface area contributed by atoms with Crippen LogP contribution in [0.2, 0.25) is 0 Å². The topological polar surface area (TPSA) is 35.5 Å². The Morgan fingerprint density at radius 1 is 1.26 bits per heavy atom. The molecule has 1 heterocycles. The molecule has 1 aliphatic heterocycles. The normalized spacial score (nSPS) is 23.4. The van der Waals surface area contributed by atoms with Gasteiger partial charge < -0.3 is 9.47 Å². The van der Waals surface area contributed by atoms with Crippen LogP contribution in [0.3, 0.4) is 0 Å². The summed E-state index contributed by atoms with van der Waals surface area (Å²) in [6.45, 7) is 0. The van der Waals surface area contributed by atoms with Gasteiger partial charge in [0.05, 0.1) is 18.8 Å². The lowest BCUT2D eigenvalue weighted by atomic mass is 10.0. The molecule has 1 aliphatic rings. The Balaban J connectivity index is 2.06. The summed E-state index contributed by atoms with van der Waals surface area (Å²) in [5, 5.41) is 0. The quantitative estimate of drug-likeness (QED) is 0.777. The zero-order valence-corrected chi connectivity index (χ0v) is 10.2. The standard InChI is InChI=1S/C13H13F3O3/c1-18-12(17)11-7-6-10(19-11)8-2-4-9(5-3-8)13(14,15)16/h2-5,10-11H,6-7H2,1H3/t10-,11-/m0/s1. The second-order valence-electron chi connectivity index (χ2n) is 4.33. The van der Waals surface area contributed by atoms with E-state index < -0.39 is 23.8 Å². The van der Waals surface area contributed by atoms with Crippen LogP contribution < -0.4 is 0 Å². The number of rotatable bonds is 2. The fourth-order valence-corrected chi connectivity index (χ4v) is 2.07. The number of alkyl halides is 3. The molecule has 6 heteroatoms. The van der Waals surface area contributed by atoms with Crippen molar-refractivity contribution in [1.82, 2.24) is 0 Å². The average molecular weight is 274 g/mol. The van der Waals surface area contributed by atoms with Crippen LogP contribution in [-0.4, -0.2) is 19.2 Å². The van der Waals surface area contributed by atoms with Crippen molar-refractivity contribution in [1.29, 1.82) is 0 Å². The highest BCUT2D eigenvalue weighted by Crippen LogP contribution is 2.35. The fourth-order valence-electron chi connectivity index (χ4n) is 2.07. The van der Waals surface area contributed by atoms with E-state index in [2.05, 4.69) is 4.74 Å². The van der Waals surface area contributed by atoms with Crippen molar-refractivity contribution >= 4 is 5.97 Å². The minimum absolute atomic E-state index is 0.355. The molecule has 2 atom stereocenters. The number of carbonyl (C=O) groups excluding carboxylic acids is 1. The number of carbonyl (C=O) groups is 1. The molecule has 1 aromatic carbocycles.